The van der Waals surface area contributed by atoms with Gasteiger partial charge in [-0.25, -0.2) is 5.10 Å². The van der Waals surface area contributed by atoms with Gasteiger partial charge in [0.25, 0.3) is 5.56 Å². The van der Waals surface area contributed by atoms with Gasteiger partial charge in [0.15, 0.2) is 0 Å². The lowest BCUT2D eigenvalue weighted by atomic mass is 9.74. The fraction of sp³-hybridized carbons (Fsp3) is 0.360. The van der Waals surface area contributed by atoms with Crippen LogP contribution < -0.4 is 10.9 Å². The van der Waals surface area contributed by atoms with Gasteiger partial charge in [0, 0.05) is 35.7 Å². The van der Waals surface area contributed by atoms with Gasteiger partial charge in [-0.2, -0.15) is 5.10 Å². The van der Waals surface area contributed by atoms with Crippen molar-refractivity contribution in [2.24, 2.45) is 0 Å². The van der Waals surface area contributed by atoms with E-state index in [4.69, 9.17) is 0 Å². The zero-order valence-electron chi connectivity index (χ0n) is 17.6. The standard InChI is InChI=1S/C25H28N4O/c1-29(2)15-16-11-13-17(14-12-16)21-23(18-7-4-3-5-8-18)26-20-10-6-9-19-22(20)24(21)27-28-25(19)30/h3-5,7-8,11-14,20-21,23,26H,6,9-10,15H2,1-2H3,(H,28,30). The lowest BCUT2D eigenvalue weighted by Gasteiger charge is -2.41. The van der Waals surface area contributed by atoms with Crippen LogP contribution in [-0.2, 0) is 13.0 Å². The fourth-order valence-corrected chi connectivity index (χ4v) is 5.15. The SMILES string of the molecule is CN(C)Cc1ccc(C2c3n[nH]c(=O)c4c3C(CCC4)NC2c2ccccc2)cc1. The maximum Gasteiger partial charge on any atom is 0.267 e. The molecule has 30 heavy (non-hydrogen) atoms. The summed E-state index contributed by atoms with van der Waals surface area (Å²) in [5.74, 6) is 0.0563. The van der Waals surface area contributed by atoms with Crippen molar-refractivity contribution in [2.75, 3.05) is 14.1 Å². The Morgan fingerprint density at radius 2 is 1.80 bits per heavy atom. The number of H-pyrrole nitrogens is 1. The van der Waals surface area contributed by atoms with Crippen molar-refractivity contribution in [3.63, 3.8) is 0 Å². The van der Waals surface area contributed by atoms with E-state index < -0.39 is 0 Å². The van der Waals surface area contributed by atoms with Gasteiger partial charge in [0.2, 0.25) is 0 Å². The molecule has 2 N–H and O–H groups in total. The molecule has 0 saturated heterocycles. The Morgan fingerprint density at radius 1 is 1.03 bits per heavy atom. The molecule has 3 aromatic rings. The predicted molar refractivity (Wildman–Crippen MR) is 119 cm³/mol. The first-order valence-electron chi connectivity index (χ1n) is 10.8. The Balaban J connectivity index is 1.65. The summed E-state index contributed by atoms with van der Waals surface area (Å²) >= 11 is 0. The maximum atomic E-state index is 12.5. The molecule has 2 aliphatic rings. The minimum atomic E-state index is -0.0292. The quantitative estimate of drug-likeness (QED) is 0.701. The van der Waals surface area contributed by atoms with Gasteiger partial charge in [0.1, 0.15) is 0 Å². The van der Waals surface area contributed by atoms with Gasteiger partial charge < -0.3 is 10.2 Å². The van der Waals surface area contributed by atoms with Gasteiger partial charge in [-0.15, -0.1) is 0 Å². The maximum absolute atomic E-state index is 12.5. The Bertz CT molecular complexity index is 1090. The van der Waals surface area contributed by atoms with Crippen molar-refractivity contribution < 1.29 is 0 Å². The second-order valence-corrected chi connectivity index (χ2v) is 8.79. The molecule has 0 fully saturated rings. The predicted octanol–water partition coefficient (Wildman–Crippen LogP) is 3.69. The second-order valence-electron chi connectivity index (χ2n) is 8.79. The van der Waals surface area contributed by atoms with Crippen molar-refractivity contribution in [3.05, 3.63) is 98.5 Å². The number of aromatic amines is 1. The second kappa shape index (κ2) is 7.82. The molecule has 2 aromatic carbocycles. The van der Waals surface area contributed by atoms with Crippen molar-refractivity contribution in [3.8, 4) is 0 Å². The average molecular weight is 401 g/mol. The summed E-state index contributed by atoms with van der Waals surface area (Å²) in [6.45, 7) is 0.916. The van der Waals surface area contributed by atoms with E-state index in [1.54, 1.807) is 0 Å². The van der Waals surface area contributed by atoms with E-state index in [2.05, 4.69) is 89.1 Å². The highest BCUT2D eigenvalue weighted by molar-refractivity contribution is 5.46. The van der Waals surface area contributed by atoms with E-state index in [0.29, 0.717) is 0 Å². The minimum Gasteiger partial charge on any atom is -0.305 e. The first-order chi connectivity index (χ1) is 14.6. The number of aromatic nitrogens is 2. The third kappa shape index (κ3) is 3.38. The van der Waals surface area contributed by atoms with Gasteiger partial charge in [0.05, 0.1) is 5.69 Å². The van der Waals surface area contributed by atoms with Crippen LogP contribution in [0.3, 0.4) is 0 Å². The third-order valence-corrected chi connectivity index (χ3v) is 6.43. The van der Waals surface area contributed by atoms with E-state index >= 15 is 0 Å². The summed E-state index contributed by atoms with van der Waals surface area (Å²) in [6, 6.07) is 19.8. The molecule has 1 aromatic heterocycles. The zero-order valence-corrected chi connectivity index (χ0v) is 17.6. The van der Waals surface area contributed by atoms with E-state index in [1.165, 1.54) is 16.7 Å². The lowest BCUT2D eigenvalue weighted by molar-refractivity contribution is 0.336. The Hall–Kier alpha value is -2.76. The van der Waals surface area contributed by atoms with Crippen LogP contribution in [0.5, 0.6) is 0 Å². The Morgan fingerprint density at radius 3 is 2.53 bits per heavy atom. The molecule has 0 amide bonds. The highest BCUT2D eigenvalue weighted by Gasteiger charge is 2.40. The van der Waals surface area contributed by atoms with Crippen LogP contribution in [0.25, 0.3) is 0 Å². The number of hydrogen-bond donors (Lipinski definition) is 2. The minimum absolute atomic E-state index is 0.0292. The van der Waals surface area contributed by atoms with Gasteiger partial charge in [-0.1, -0.05) is 54.6 Å². The largest absolute Gasteiger partial charge is 0.305 e. The molecule has 0 radical (unpaired) electrons. The summed E-state index contributed by atoms with van der Waals surface area (Å²) in [5, 5.41) is 11.3. The molecule has 2 heterocycles. The number of nitrogens with one attached hydrogen (secondary N) is 2. The molecule has 5 rings (SSSR count). The third-order valence-electron chi connectivity index (χ3n) is 6.43. The number of hydrogen-bond acceptors (Lipinski definition) is 4. The zero-order chi connectivity index (χ0) is 20.7. The topological polar surface area (TPSA) is 61.0 Å². The number of nitrogens with zero attached hydrogens (tertiary/aromatic N) is 2. The van der Waals surface area contributed by atoms with Crippen molar-refractivity contribution in [2.45, 2.75) is 43.8 Å². The monoisotopic (exact) mass is 400 g/mol. The molecule has 154 valence electrons. The van der Waals surface area contributed by atoms with Crippen molar-refractivity contribution >= 4 is 0 Å². The molecule has 0 saturated carbocycles. The normalized spacial score (nSPS) is 22.7. The highest BCUT2D eigenvalue weighted by atomic mass is 16.1. The van der Waals surface area contributed by atoms with Gasteiger partial charge >= 0.3 is 0 Å². The summed E-state index contributed by atoms with van der Waals surface area (Å²) in [6.07, 6.45) is 2.91. The molecular weight excluding hydrogens is 372 g/mol. The van der Waals surface area contributed by atoms with Gasteiger partial charge in [-0.3, -0.25) is 4.79 Å². The highest BCUT2D eigenvalue weighted by Crippen LogP contribution is 2.46. The summed E-state index contributed by atoms with van der Waals surface area (Å²) in [7, 11) is 4.17. The van der Waals surface area contributed by atoms with Crippen LogP contribution >= 0.6 is 0 Å². The van der Waals surface area contributed by atoms with E-state index in [0.717, 1.165) is 42.6 Å². The van der Waals surface area contributed by atoms with Gasteiger partial charge in [-0.05, 0) is 50.0 Å². The van der Waals surface area contributed by atoms with Crippen LogP contribution in [0.4, 0.5) is 0 Å². The van der Waals surface area contributed by atoms with Crippen molar-refractivity contribution in [1.29, 1.82) is 0 Å². The number of benzene rings is 2. The summed E-state index contributed by atoms with van der Waals surface area (Å²) in [4.78, 5) is 14.7. The van der Waals surface area contributed by atoms with Crippen molar-refractivity contribution in [1.82, 2.24) is 20.4 Å². The van der Waals surface area contributed by atoms with Crippen LogP contribution in [0, 0.1) is 0 Å². The van der Waals surface area contributed by atoms with Crippen LogP contribution in [0.15, 0.2) is 59.4 Å². The van der Waals surface area contributed by atoms with Crippen LogP contribution in [0.2, 0.25) is 0 Å². The molecule has 0 spiro atoms. The Kier molecular flexibility index (Phi) is 5.01. The lowest BCUT2D eigenvalue weighted by Crippen LogP contribution is -2.42. The molecule has 1 aliphatic heterocycles. The molecular formula is C25H28N4O. The molecule has 0 bridgehead atoms. The van der Waals surface area contributed by atoms with E-state index in [-0.39, 0.29) is 23.6 Å². The first kappa shape index (κ1) is 19.2. The molecule has 3 atom stereocenters. The molecule has 5 heteroatoms. The average Bonchev–Trinajstić information content (AvgIpc) is 2.77. The Labute approximate surface area is 177 Å². The van der Waals surface area contributed by atoms with Crippen LogP contribution in [-0.4, -0.2) is 29.2 Å². The fourth-order valence-electron chi connectivity index (χ4n) is 5.15. The summed E-state index contributed by atoms with van der Waals surface area (Å²) in [5.41, 5.74) is 6.83. The molecule has 5 nitrogen and oxygen atoms in total. The first-order valence-corrected chi connectivity index (χ1v) is 10.8. The van der Waals surface area contributed by atoms with E-state index in [9.17, 15) is 4.79 Å². The van der Waals surface area contributed by atoms with E-state index in [1.807, 2.05) is 0 Å². The van der Waals surface area contributed by atoms with Crippen LogP contribution in [0.1, 0.15) is 64.4 Å². The molecule has 1 aliphatic carbocycles. The summed E-state index contributed by atoms with van der Waals surface area (Å²) < 4.78 is 0. The molecule has 3 unspecified atom stereocenters. The number of rotatable bonds is 4. The smallest absolute Gasteiger partial charge is 0.267 e.